The molecule has 108 valence electrons. The van der Waals surface area contributed by atoms with Crippen LogP contribution in [0.4, 0.5) is 0 Å². The molecule has 2 aromatic carbocycles. The van der Waals surface area contributed by atoms with Crippen molar-refractivity contribution in [2.24, 2.45) is 0 Å². The molecule has 0 fully saturated rings. The Morgan fingerprint density at radius 1 is 0.857 bits per heavy atom. The quantitative estimate of drug-likeness (QED) is 0.757. The number of hydrogen-bond acceptors (Lipinski definition) is 2. The van der Waals surface area contributed by atoms with Gasteiger partial charge in [0.25, 0.3) is 0 Å². The van der Waals surface area contributed by atoms with Crippen LogP contribution in [0.25, 0.3) is 0 Å². The van der Waals surface area contributed by atoms with Gasteiger partial charge in [0.05, 0.1) is 10.0 Å². The average Bonchev–Trinajstić information content (AvgIpc) is 2.43. The van der Waals surface area contributed by atoms with E-state index in [1.165, 1.54) is 6.92 Å². The zero-order valence-electron chi connectivity index (χ0n) is 11.5. The minimum Gasteiger partial charge on any atom is -0.299 e. The van der Waals surface area contributed by atoms with Crippen LogP contribution in [0.3, 0.4) is 0 Å². The first-order valence-electron chi connectivity index (χ1n) is 6.51. The fourth-order valence-electron chi connectivity index (χ4n) is 2.02. The van der Waals surface area contributed by atoms with E-state index in [0.29, 0.717) is 28.5 Å². The van der Waals surface area contributed by atoms with Crippen molar-refractivity contribution in [2.45, 2.75) is 19.8 Å². The number of halogens is 2. The molecule has 0 heterocycles. The predicted octanol–water partition coefficient (Wildman–Crippen LogP) is 4.55. The Morgan fingerprint density at radius 3 is 2.00 bits per heavy atom. The molecule has 21 heavy (non-hydrogen) atoms. The van der Waals surface area contributed by atoms with Gasteiger partial charge in [0, 0.05) is 18.4 Å². The minimum atomic E-state index is 0.0173. The zero-order chi connectivity index (χ0) is 15.4. The molecule has 0 N–H and O–H groups in total. The van der Waals surface area contributed by atoms with Gasteiger partial charge >= 0.3 is 0 Å². The molecule has 0 saturated heterocycles. The summed E-state index contributed by atoms with van der Waals surface area (Å²) in [5, 5.41) is 0.931. The number of Topliss-reactive ketones (excluding diaryl/α,β-unsaturated/α-hetero) is 2. The lowest BCUT2D eigenvalue weighted by Crippen LogP contribution is -2.06. The molecular formula is C17H14Cl2O2. The van der Waals surface area contributed by atoms with Gasteiger partial charge in [-0.1, -0.05) is 53.5 Å². The van der Waals surface area contributed by atoms with Crippen LogP contribution < -0.4 is 0 Å². The maximum atomic E-state index is 12.1. The van der Waals surface area contributed by atoms with Crippen molar-refractivity contribution in [1.29, 1.82) is 0 Å². The summed E-state index contributed by atoms with van der Waals surface area (Å²) in [5.74, 6) is 0.104. The number of carbonyl (C=O) groups is 2. The van der Waals surface area contributed by atoms with Crippen LogP contribution in [0.2, 0.25) is 10.0 Å². The van der Waals surface area contributed by atoms with Crippen LogP contribution >= 0.6 is 23.2 Å². The molecule has 0 amide bonds. The van der Waals surface area contributed by atoms with E-state index >= 15 is 0 Å². The molecule has 0 radical (unpaired) electrons. The Kier molecular flexibility index (Phi) is 5.16. The normalized spacial score (nSPS) is 10.4. The Morgan fingerprint density at radius 2 is 1.43 bits per heavy atom. The molecule has 2 nitrogen and oxygen atoms in total. The average molecular weight is 321 g/mol. The summed E-state index contributed by atoms with van der Waals surface area (Å²) >= 11 is 11.8. The van der Waals surface area contributed by atoms with E-state index in [2.05, 4.69) is 0 Å². The lowest BCUT2D eigenvalue weighted by Gasteiger charge is -2.04. The number of benzene rings is 2. The predicted molar refractivity (Wildman–Crippen MR) is 85.3 cm³/mol. The van der Waals surface area contributed by atoms with Gasteiger partial charge in [-0.15, -0.1) is 0 Å². The number of ketones is 2. The highest BCUT2D eigenvalue weighted by Gasteiger charge is 2.08. The van der Waals surface area contributed by atoms with Crippen LogP contribution in [0, 0.1) is 0 Å². The summed E-state index contributed by atoms with van der Waals surface area (Å²) in [6.07, 6.45) is 0.643. The van der Waals surface area contributed by atoms with Crippen molar-refractivity contribution < 1.29 is 9.59 Å². The molecule has 2 aromatic rings. The van der Waals surface area contributed by atoms with Gasteiger partial charge in [-0.25, -0.2) is 0 Å². The van der Waals surface area contributed by atoms with Gasteiger partial charge in [0.1, 0.15) is 5.78 Å². The molecule has 2 rings (SSSR count). The van der Waals surface area contributed by atoms with E-state index in [1.807, 2.05) is 12.1 Å². The standard InChI is InChI=1S/C17H14Cl2O2/c1-11(20)14-5-2-12(3-6-14)8-15(21)9-13-4-7-16(18)17(19)10-13/h2-7,10H,8-9H2,1H3. The van der Waals surface area contributed by atoms with E-state index in [0.717, 1.165) is 11.1 Å². The van der Waals surface area contributed by atoms with Gasteiger partial charge in [0.2, 0.25) is 0 Å². The molecule has 0 unspecified atom stereocenters. The molecule has 0 spiro atoms. The van der Waals surface area contributed by atoms with Gasteiger partial charge in [-0.2, -0.15) is 0 Å². The molecule has 0 aliphatic rings. The Balaban J connectivity index is 2.01. The largest absolute Gasteiger partial charge is 0.299 e. The van der Waals surface area contributed by atoms with Crippen molar-refractivity contribution in [1.82, 2.24) is 0 Å². The van der Waals surface area contributed by atoms with Gasteiger partial charge in [-0.3, -0.25) is 9.59 Å². The van der Waals surface area contributed by atoms with Gasteiger partial charge in [-0.05, 0) is 30.2 Å². The number of rotatable bonds is 5. The Hall–Kier alpha value is -1.64. The van der Waals surface area contributed by atoms with Crippen LogP contribution in [-0.2, 0) is 17.6 Å². The van der Waals surface area contributed by atoms with E-state index in [-0.39, 0.29) is 11.6 Å². The zero-order valence-corrected chi connectivity index (χ0v) is 13.0. The third kappa shape index (κ3) is 4.42. The summed E-state index contributed by atoms with van der Waals surface area (Å²) in [4.78, 5) is 23.2. The third-order valence-corrected chi connectivity index (χ3v) is 3.89. The maximum absolute atomic E-state index is 12.1. The minimum absolute atomic E-state index is 0.0173. The molecule has 0 aromatic heterocycles. The molecule has 0 bridgehead atoms. The molecule has 4 heteroatoms. The van der Waals surface area contributed by atoms with Crippen molar-refractivity contribution >= 4 is 34.8 Å². The number of carbonyl (C=O) groups excluding carboxylic acids is 2. The van der Waals surface area contributed by atoms with E-state index in [4.69, 9.17) is 23.2 Å². The highest BCUT2D eigenvalue weighted by Crippen LogP contribution is 2.23. The van der Waals surface area contributed by atoms with Gasteiger partial charge < -0.3 is 0 Å². The van der Waals surface area contributed by atoms with Crippen LogP contribution in [0.1, 0.15) is 28.4 Å². The highest BCUT2D eigenvalue weighted by molar-refractivity contribution is 6.42. The molecule has 0 aliphatic heterocycles. The third-order valence-electron chi connectivity index (χ3n) is 3.15. The Labute approximate surface area is 133 Å². The van der Waals surface area contributed by atoms with Crippen molar-refractivity contribution in [3.8, 4) is 0 Å². The van der Waals surface area contributed by atoms with E-state index in [9.17, 15) is 9.59 Å². The fourth-order valence-corrected chi connectivity index (χ4v) is 2.35. The van der Waals surface area contributed by atoms with Crippen molar-refractivity contribution in [3.63, 3.8) is 0 Å². The fraction of sp³-hybridized carbons (Fsp3) is 0.176. The molecule has 0 saturated carbocycles. The first kappa shape index (κ1) is 15.7. The number of hydrogen-bond donors (Lipinski definition) is 0. The monoisotopic (exact) mass is 320 g/mol. The van der Waals surface area contributed by atoms with Crippen molar-refractivity contribution in [3.05, 3.63) is 69.2 Å². The highest BCUT2D eigenvalue weighted by atomic mass is 35.5. The SMILES string of the molecule is CC(=O)c1ccc(CC(=O)Cc2ccc(Cl)c(Cl)c2)cc1. The smallest absolute Gasteiger partial charge is 0.159 e. The van der Waals surface area contributed by atoms with E-state index < -0.39 is 0 Å². The lowest BCUT2D eigenvalue weighted by atomic mass is 10.0. The second-order valence-corrected chi connectivity index (χ2v) is 5.71. The van der Waals surface area contributed by atoms with E-state index in [1.54, 1.807) is 30.3 Å². The molecule has 0 atom stereocenters. The summed E-state index contributed by atoms with van der Waals surface area (Å²) in [5.41, 5.74) is 2.38. The van der Waals surface area contributed by atoms with Crippen molar-refractivity contribution in [2.75, 3.05) is 0 Å². The first-order chi connectivity index (χ1) is 9.95. The second-order valence-electron chi connectivity index (χ2n) is 4.89. The Bertz CT molecular complexity index is 676. The summed E-state index contributed by atoms with van der Waals surface area (Å²) in [6, 6.07) is 12.3. The molecule has 0 aliphatic carbocycles. The van der Waals surface area contributed by atoms with Crippen LogP contribution in [-0.4, -0.2) is 11.6 Å². The first-order valence-corrected chi connectivity index (χ1v) is 7.27. The summed E-state index contributed by atoms with van der Waals surface area (Å²) in [7, 11) is 0. The second kappa shape index (κ2) is 6.88. The maximum Gasteiger partial charge on any atom is 0.159 e. The van der Waals surface area contributed by atoms with Gasteiger partial charge in [0.15, 0.2) is 5.78 Å². The molecular weight excluding hydrogens is 307 g/mol. The van der Waals surface area contributed by atoms with Crippen LogP contribution in [0.15, 0.2) is 42.5 Å². The summed E-state index contributed by atoms with van der Waals surface area (Å²) in [6.45, 7) is 1.52. The summed E-state index contributed by atoms with van der Waals surface area (Å²) < 4.78 is 0. The topological polar surface area (TPSA) is 34.1 Å². The van der Waals surface area contributed by atoms with Crippen LogP contribution in [0.5, 0.6) is 0 Å². The lowest BCUT2D eigenvalue weighted by molar-refractivity contribution is -0.117.